The van der Waals surface area contributed by atoms with Crippen LogP contribution in [0.5, 0.6) is 0 Å². The van der Waals surface area contributed by atoms with E-state index in [0.717, 1.165) is 5.56 Å². The number of hydrogen-bond donors (Lipinski definition) is 0. The number of benzene rings is 2. The van der Waals surface area contributed by atoms with E-state index < -0.39 is 5.97 Å². The normalized spacial score (nSPS) is 10.9. The standard InChI is InChI=1S/C23H19Cl2NO4/c1-2-29-23(28)16-6-9-19(10-7-16)26(15-17-5-8-18(24)14-21(17)25)22(27)12-11-20-4-3-13-30-20/h3-14H,2,15H2,1H3/b12-11+. The lowest BCUT2D eigenvalue weighted by Gasteiger charge is -2.22. The number of rotatable bonds is 7. The van der Waals surface area contributed by atoms with Gasteiger partial charge >= 0.3 is 5.97 Å². The number of carbonyl (C=O) groups is 2. The van der Waals surface area contributed by atoms with E-state index >= 15 is 0 Å². The molecular weight excluding hydrogens is 425 g/mol. The van der Waals surface area contributed by atoms with Crippen LogP contribution < -0.4 is 4.90 Å². The highest BCUT2D eigenvalue weighted by Gasteiger charge is 2.17. The van der Waals surface area contributed by atoms with Gasteiger partial charge in [0, 0.05) is 21.8 Å². The van der Waals surface area contributed by atoms with Gasteiger partial charge in [0.15, 0.2) is 0 Å². The molecular formula is C23H19Cl2NO4. The quantitative estimate of drug-likeness (QED) is 0.331. The molecule has 0 saturated heterocycles. The van der Waals surface area contributed by atoms with E-state index in [0.29, 0.717) is 27.1 Å². The van der Waals surface area contributed by atoms with Gasteiger partial charge in [-0.05, 0) is 67.1 Å². The first kappa shape index (κ1) is 21.7. The summed E-state index contributed by atoms with van der Waals surface area (Å²) in [6.07, 6.45) is 4.54. The molecule has 0 aliphatic carbocycles. The molecule has 0 unspecified atom stereocenters. The van der Waals surface area contributed by atoms with Crippen LogP contribution in [0.15, 0.2) is 71.4 Å². The first-order valence-corrected chi connectivity index (χ1v) is 9.97. The predicted octanol–water partition coefficient (Wildman–Crippen LogP) is 6.01. The predicted molar refractivity (Wildman–Crippen MR) is 118 cm³/mol. The smallest absolute Gasteiger partial charge is 0.338 e. The number of nitrogens with zero attached hydrogens (tertiary/aromatic N) is 1. The molecule has 3 rings (SSSR count). The zero-order valence-corrected chi connectivity index (χ0v) is 17.7. The van der Waals surface area contributed by atoms with Gasteiger partial charge in [0.1, 0.15) is 5.76 Å². The Hall–Kier alpha value is -3.02. The van der Waals surface area contributed by atoms with Crippen molar-refractivity contribution in [1.82, 2.24) is 0 Å². The second-order valence-electron chi connectivity index (χ2n) is 6.28. The number of ether oxygens (including phenoxy) is 1. The van der Waals surface area contributed by atoms with Crippen molar-refractivity contribution in [3.63, 3.8) is 0 Å². The number of amides is 1. The molecule has 0 aliphatic rings. The zero-order valence-electron chi connectivity index (χ0n) is 16.2. The van der Waals surface area contributed by atoms with Crippen molar-refractivity contribution in [2.24, 2.45) is 0 Å². The number of anilines is 1. The van der Waals surface area contributed by atoms with Gasteiger partial charge in [0.25, 0.3) is 5.91 Å². The van der Waals surface area contributed by atoms with Crippen LogP contribution in [0.2, 0.25) is 10.0 Å². The number of esters is 1. The molecule has 1 heterocycles. The molecule has 3 aromatic rings. The maximum Gasteiger partial charge on any atom is 0.338 e. The molecule has 30 heavy (non-hydrogen) atoms. The van der Waals surface area contributed by atoms with Gasteiger partial charge in [-0.15, -0.1) is 0 Å². The minimum Gasteiger partial charge on any atom is -0.465 e. The van der Waals surface area contributed by atoms with E-state index in [1.165, 1.54) is 12.3 Å². The largest absolute Gasteiger partial charge is 0.465 e. The Morgan fingerprint density at radius 2 is 1.87 bits per heavy atom. The summed E-state index contributed by atoms with van der Waals surface area (Å²) in [4.78, 5) is 26.4. The topological polar surface area (TPSA) is 59.8 Å². The number of halogens is 2. The Balaban J connectivity index is 1.90. The summed E-state index contributed by atoms with van der Waals surface area (Å²) >= 11 is 12.3. The summed E-state index contributed by atoms with van der Waals surface area (Å²) in [5, 5.41) is 0.969. The van der Waals surface area contributed by atoms with Crippen LogP contribution in [-0.4, -0.2) is 18.5 Å². The molecule has 0 N–H and O–H groups in total. The Morgan fingerprint density at radius 3 is 2.50 bits per heavy atom. The second kappa shape index (κ2) is 10.1. The molecule has 0 bridgehead atoms. The van der Waals surface area contributed by atoms with Crippen molar-refractivity contribution in [3.05, 3.63) is 93.9 Å². The average Bonchev–Trinajstić information content (AvgIpc) is 3.25. The molecule has 0 saturated carbocycles. The van der Waals surface area contributed by atoms with E-state index in [-0.39, 0.29) is 19.1 Å². The van der Waals surface area contributed by atoms with E-state index in [1.807, 2.05) is 0 Å². The fourth-order valence-corrected chi connectivity index (χ4v) is 3.21. The van der Waals surface area contributed by atoms with Crippen LogP contribution in [0.25, 0.3) is 6.08 Å². The fraction of sp³-hybridized carbons (Fsp3) is 0.130. The van der Waals surface area contributed by atoms with E-state index in [9.17, 15) is 9.59 Å². The molecule has 0 spiro atoms. The third-order valence-corrected chi connectivity index (χ3v) is 4.82. The number of carbonyl (C=O) groups excluding carboxylic acids is 2. The molecule has 154 valence electrons. The molecule has 0 radical (unpaired) electrons. The summed E-state index contributed by atoms with van der Waals surface area (Å²) in [7, 11) is 0. The lowest BCUT2D eigenvalue weighted by Crippen LogP contribution is -2.28. The van der Waals surface area contributed by atoms with Gasteiger partial charge in [-0.2, -0.15) is 0 Å². The third kappa shape index (κ3) is 5.53. The molecule has 7 heteroatoms. The summed E-state index contributed by atoms with van der Waals surface area (Å²) in [6.45, 7) is 2.25. The van der Waals surface area contributed by atoms with E-state index in [2.05, 4.69) is 0 Å². The minimum atomic E-state index is -0.416. The monoisotopic (exact) mass is 443 g/mol. The van der Waals surface area contributed by atoms with Crippen molar-refractivity contribution in [3.8, 4) is 0 Å². The number of hydrogen-bond acceptors (Lipinski definition) is 4. The van der Waals surface area contributed by atoms with Crippen molar-refractivity contribution in [2.75, 3.05) is 11.5 Å². The van der Waals surface area contributed by atoms with Gasteiger partial charge in [0.2, 0.25) is 0 Å². The van der Waals surface area contributed by atoms with Crippen LogP contribution >= 0.6 is 23.2 Å². The maximum absolute atomic E-state index is 13.0. The first-order chi connectivity index (χ1) is 14.5. The molecule has 2 aromatic carbocycles. The first-order valence-electron chi connectivity index (χ1n) is 9.22. The van der Waals surface area contributed by atoms with Crippen LogP contribution in [-0.2, 0) is 16.1 Å². The van der Waals surface area contributed by atoms with Gasteiger partial charge in [-0.1, -0.05) is 29.3 Å². The Morgan fingerprint density at radius 1 is 1.10 bits per heavy atom. The highest BCUT2D eigenvalue weighted by molar-refractivity contribution is 6.35. The minimum absolute atomic E-state index is 0.218. The van der Waals surface area contributed by atoms with E-state index in [1.54, 1.807) is 72.5 Å². The lowest BCUT2D eigenvalue weighted by molar-refractivity contribution is -0.114. The zero-order chi connectivity index (χ0) is 21.5. The van der Waals surface area contributed by atoms with Gasteiger partial charge in [-0.3, -0.25) is 4.79 Å². The average molecular weight is 444 g/mol. The van der Waals surface area contributed by atoms with Crippen molar-refractivity contribution in [1.29, 1.82) is 0 Å². The summed E-state index contributed by atoms with van der Waals surface area (Å²) in [5.41, 5.74) is 1.74. The lowest BCUT2D eigenvalue weighted by atomic mass is 10.1. The van der Waals surface area contributed by atoms with Crippen molar-refractivity contribution < 1.29 is 18.7 Å². The van der Waals surface area contributed by atoms with Crippen LogP contribution in [0.1, 0.15) is 28.6 Å². The molecule has 0 aliphatic heterocycles. The Bertz CT molecular complexity index is 1040. The van der Waals surface area contributed by atoms with Gasteiger partial charge < -0.3 is 14.1 Å². The molecule has 5 nitrogen and oxygen atoms in total. The van der Waals surface area contributed by atoms with Crippen molar-refractivity contribution >= 4 is 46.8 Å². The van der Waals surface area contributed by atoms with Crippen LogP contribution in [0.3, 0.4) is 0 Å². The highest BCUT2D eigenvalue weighted by Crippen LogP contribution is 2.26. The highest BCUT2D eigenvalue weighted by atomic mass is 35.5. The van der Waals surface area contributed by atoms with Crippen LogP contribution in [0, 0.1) is 0 Å². The van der Waals surface area contributed by atoms with Gasteiger partial charge in [-0.25, -0.2) is 4.79 Å². The third-order valence-electron chi connectivity index (χ3n) is 4.23. The summed E-state index contributed by atoms with van der Waals surface area (Å²) in [6, 6.07) is 15.2. The Labute approximate surface area is 184 Å². The van der Waals surface area contributed by atoms with Crippen molar-refractivity contribution in [2.45, 2.75) is 13.5 Å². The Kier molecular flexibility index (Phi) is 7.33. The van der Waals surface area contributed by atoms with Crippen LogP contribution in [0.4, 0.5) is 5.69 Å². The maximum atomic E-state index is 13.0. The van der Waals surface area contributed by atoms with E-state index in [4.69, 9.17) is 32.4 Å². The summed E-state index contributed by atoms with van der Waals surface area (Å²) < 4.78 is 10.2. The molecule has 1 aromatic heterocycles. The molecule has 1 amide bonds. The fourth-order valence-electron chi connectivity index (χ4n) is 2.74. The molecule has 0 atom stereocenters. The second-order valence-corrected chi connectivity index (χ2v) is 7.12. The number of furan rings is 1. The summed E-state index contributed by atoms with van der Waals surface area (Å²) in [5.74, 6) is -0.132. The SMILES string of the molecule is CCOC(=O)c1ccc(N(Cc2ccc(Cl)cc2Cl)C(=O)/C=C/c2ccco2)cc1. The molecule has 0 fully saturated rings. The van der Waals surface area contributed by atoms with Gasteiger partial charge in [0.05, 0.1) is 25.0 Å².